The van der Waals surface area contributed by atoms with E-state index >= 15 is 0 Å². The zero-order valence-corrected chi connectivity index (χ0v) is 7.73. The van der Waals surface area contributed by atoms with Gasteiger partial charge in [-0.15, -0.1) is 0 Å². The molecule has 3 nitrogen and oxygen atoms in total. The van der Waals surface area contributed by atoms with Gasteiger partial charge < -0.3 is 9.84 Å². The van der Waals surface area contributed by atoms with E-state index in [2.05, 4.69) is 6.58 Å². The third-order valence-corrected chi connectivity index (χ3v) is 1.70. The Bertz CT molecular complexity index is 349. The van der Waals surface area contributed by atoms with Crippen molar-refractivity contribution in [2.45, 2.75) is 0 Å². The second kappa shape index (κ2) is 5.05. The second-order valence-electron chi connectivity index (χ2n) is 2.68. The average molecular weight is 189 g/mol. The first-order valence-corrected chi connectivity index (χ1v) is 4.21. The SMILES string of the molecule is C=C(OCCO)c1ccc(C#N)cc1. The summed E-state index contributed by atoms with van der Waals surface area (Å²) in [6.45, 7) is 3.90. The van der Waals surface area contributed by atoms with Gasteiger partial charge in [-0.3, -0.25) is 0 Å². The number of hydrogen-bond acceptors (Lipinski definition) is 3. The molecule has 72 valence electrons. The third kappa shape index (κ3) is 2.61. The maximum absolute atomic E-state index is 8.57. The molecule has 0 aliphatic heterocycles. The number of ether oxygens (including phenoxy) is 1. The topological polar surface area (TPSA) is 53.2 Å². The molecule has 0 amide bonds. The molecule has 0 unspecified atom stereocenters. The van der Waals surface area contributed by atoms with Crippen LogP contribution in [0.15, 0.2) is 30.8 Å². The van der Waals surface area contributed by atoms with Crippen LogP contribution >= 0.6 is 0 Å². The standard InChI is InChI=1S/C11H11NO2/c1-9(14-7-6-13)11-4-2-10(8-12)3-5-11/h2-5,13H,1,6-7H2. The number of aliphatic hydroxyl groups excluding tert-OH is 1. The van der Waals surface area contributed by atoms with E-state index in [0.717, 1.165) is 5.56 Å². The molecule has 0 fully saturated rings. The molecule has 0 aliphatic carbocycles. The molecule has 0 aliphatic rings. The summed E-state index contributed by atoms with van der Waals surface area (Å²) >= 11 is 0. The largest absolute Gasteiger partial charge is 0.491 e. The van der Waals surface area contributed by atoms with Crippen LogP contribution in [0.4, 0.5) is 0 Å². The molecule has 0 radical (unpaired) electrons. The first-order chi connectivity index (χ1) is 6.77. The van der Waals surface area contributed by atoms with Crippen LogP contribution in [0.1, 0.15) is 11.1 Å². The van der Waals surface area contributed by atoms with Crippen LogP contribution < -0.4 is 0 Å². The molecule has 0 saturated heterocycles. The lowest BCUT2D eigenvalue weighted by molar-refractivity contribution is 0.181. The number of rotatable bonds is 4. The number of nitriles is 1. The van der Waals surface area contributed by atoms with Gasteiger partial charge in [-0.2, -0.15) is 5.26 Å². The van der Waals surface area contributed by atoms with Crippen molar-refractivity contribution in [2.75, 3.05) is 13.2 Å². The van der Waals surface area contributed by atoms with E-state index < -0.39 is 0 Å². The van der Waals surface area contributed by atoms with Crippen LogP contribution in [-0.2, 0) is 4.74 Å². The number of benzene rings is 1. The van der Waals surface area contributed by atoms with E-state index in [4.69, 9.17) is 15.1 Å². The fourth-order valence-electron chi connectivity index (χ4n) is 0.983. The zero-order chi connectivity index (χ0) is 10.4. The molecule has 0 aromatic heterocycles. The predicted molar refractivity (Wildman–Crippen MR) is 53.2 cm³/mol. The van der Waals surface area contributed by atoms with Crippen molar-refractivity contribution in [1.82, 2.24) is 0 Å². The molecule has 1 aromatic carbocycles. The fraction of sp³-hybridized carbons (Fsp3) is 0.182. The number of hydrogen-bond donors (Lipinski definition) is 1. The first-order valence-electron chi connectivity index (χ1n) is 4.21. The first kappa shape index (κ1) is 10.3. The Morgan fingerprint density at radius 2 is 2.07 bits per heavy atom. The van der Waals surface area contributed by atoms with E-state index in [1.807, 2.05) is 6.07 Å². The monoisotopic (exact) mass is 189 g/mol. The Labute approximate surface area is 82.9 Å². The van der Waals surface area contributed by atoms with Crippen molar-refractivity contribution in [3.8, 4) is 6.07 Å². The molecular weight excluding hydrogens is 178 g/mol. The quantitative estimate of drug-likeness (QED) is 0.731. The van der Waals surface area contributed by atoms with Crippen LogP contribution in [-0.4, -0.2) is 18.3 Å². The summed E-state index contributed by atoms with van der Waals surface area (Å²) in [4.78, 5) is 0. The molecule has 1 N–H and O–H groups in total. The maximum Gasteiger partial charge on any atom is 0.119 e. The van der Waals surface area contributed by atoms with Gasteiger partial charge in [-0.05, 0) is 24.3 Å². The fourth-order valence-corrected chi connectivity index (χ4v) is 0.983. The van der Waals surface area contributed by atoms with Crippen LogP contribution in [0.3, 0.4) is 0 Å². The van der Waals surface area contributed by atoms with Crippen LogP contribution in [0.5, 0.6) is 0 Å². The smallest absolute Gasteiger partial charge is 0.119 e. The molecular formula is C11H11NO2. The summed E-state index contributed by atoms with van der Waals surface area (Å²) < 4.78 is 5.12. The van der Waals surface area contributed by atoms with Gasteiger partial charge in [-0.1, -0.05) is 6.58 Å². The lowest BCUT2D eigenvalue weighted by Crippen LogP contribution is -1.97. The number of nitrogens with zero attached hydrogens (tertiary/aromatic N) is 1. The van der Waals surface area contributed by atoms with Crippen molar-refractivity contribution in [3.63, 3.8) is 0 Å². The van der Waals surface area contributed by atoms with Crippen molar-refractivity contribution in [1.29, 1.82) is 5.26 Å². The van der Waals surface area contributed by atoms with E-state index in [9.17, 15) is 0 Å². The second-order valence-corrected chi connectivity index (χ2v) is 2.68. The minimum Gasteiger partial charge on any atom is -0.491 e. The van der Waals surface area contributed by atoms with Gasteiger partial charge in [0.1, 0.15) is 12.4 Å². The van der Waals surface area contributed by atoms with Crippen molar-refractivity contribution >= 4 is 5.76 Å². The minimum absolute atomic E-state index is 0.0324. The van der Waals surface area contributed by atoms with Crippen LogP contribution in [0.2, 0.25) is 0 Å². The zero-order valence-electron chi connectivity index (χ0n) is 7.73. The van der Waals surface area contributed by atoms with Gasteiger partial charge >= 0.3 is 0 Å². The Balaban J connectivity index is 2.68. The van der Waals surface area contributed by atoms with Gasteiger partial charge in [0.15, 0.2) is 0 Å². The predicted octanol–water partition coefficient (Wildman–Crippen LogP) is 1.54. The highest BCUT2D eigenvalue weighted by molar-refractivity contribution is 5.58. The lowest BCUT2D eigenvalue weighted by atomic mass is 10.1. The Hall–Kier alpha value is -1.79. The summed E-state index contributed by atoms with van der Waals surface area (Å²) in [5.74, 6) is 0.503. The van der Waals surface area contributed by atoms with Gasteiger partial charge in [0, 0.05) is 5.56 Å². The van der Waals surface area contributed by atoms with E-state index in [1.54, 1.807) is 24.3 Å². The molecule has 0 saturated carbocycles. The molecule has 1 rings (SSSR count). The van der Waals surface area contributed by atoms with Crippen molar-refractivity contribution < 1.29 is 9.84 Å². The molecule has 0 atom stereocenters. The van der Waals surface area contributed by atoms with Gasteiger partial charge in [-0.25, -0.2) is 0 Å². The summed E-state index contributed by atoms with van der Waals surface area (Å²) in [6.07, 6.45) is 0. The molecule has 1 aromatic rings. The van der Waals surface area contributed by atoms with Crippen LogP contribution in [0, 0.1) is 11.3 Å². The normalized spacial score (nSPS) is 9.14. The molecule has 0 bridgehead atoms. The van der Waals surface area contributed by atoms with Crippen molar-refractivity contribution in [2.24, 2.45) is 0 Å². The van der Waals surface area contributed by atoms with Gasteiger partial charge in [0.25, 0.3) is 0 Å². The summed E-state index contributed by atoms with van der Waals surface area (Å²) in [5.41, 5.74) is 1.42. The van der Waals surface area contributed by atoms with Gasteiger partial charge in [0.2, 0.25) is 0 Å². The molecule has 14 heavy (non-hydrogen) atoms. The molecule has 3 heteroatoms. The summed E-state index contributed by atoms with van der Waals surface area (Å²) in [7, 11) is 0. The third-order valence-electron chi connectivity index (χ3n) is 1.70. The minimum atomic E-state index is -0.0324. The van der Waals surface area contributed by atoms with E-state index in [1.165, 1.54) is 0 Å². The summed E-state index contributed by atoms with van der Waals surface area (Å²) in [6, 6.07) is 8.94. The van der Waals surface area contributed by atoms with Crippen molar-refractivity contribution in [3.05, 3.63) is 42.0 Å². The Morgan fingerprint density at radius 3 is 2.57 bits per heavy atom. The highest BCUT2D eigenvalue weighted by Crippen LogP contribution is 2.13. The lowest BCUT2D eigenvalue weighted by Gasteiger charge is -2.07. The average Bonchev–Trinajstić information content (AvgIpc) is 2.26. The van der Waals surface area contributed by atoms with Crippen LogP contribution in [0.25, 0.3) is 5.76 Å². The molecule has 0 heterocycles. The van der Waals surface area contributed by atoms with E-state index in [-0.39, 0.29) is 13.2 Å². The Kier molecular flexibility index (Phi) is 3.71. The molecule has 0 spiro atoms. The van der Waals surface area contributed by atoms with Gasteiger partial charge in [0.05, 0.1) is 18.2 Å². The maximum atomic E-state index is 8.57. The van der Waals surface area contributed by atoms with E-state index in [0.29, 0.717) is 11.3 Å². The summed E-state index contributed by atoms with van der Waals surface area (Å²) in [5, 5.41) is 17.1. The Morgan fingerprint density at radius 1 is 1.43 bits per heavy atom. The number of aliphatic hydroxyl groups is 1. The highest BCUT2D eigenvalue weighted by Gasteiger charge is 1.99. The highest BCUT2D eigenvalue weighted by atomic mass is 16.5.